The number of nitrogens with one attached hydrogen (secondary N) is 1. The van der Waals surface area contributed by atoms with Crippen molar-refractivity contribution in [3.05, 3.63) is 23.8 Å². The normalized spacial score (nSPS) is 16.0. The minimum atomic E-state index is -0.834. The van der Waals surface area contributed by atoms with Gasteiger partial charge in [0, 0.05) is 6.54 Å². The third-order valence-electron chi connectivity index (χ3n) is 4.68. The van der Waals surface area contributed by atoms with Crippen LogP contribution in [0.5, 0.6) is 0 Å². The maximum Gasteiger partial charge on any atom is 0.338 e. The molecule has 1 amide bonds. The second-order valence-corrected chi connectivity index (χ2v) is 6.49. The number of hydrogen-bond donors (Lipinski definition) is 1. The summed E-state index contributed by atoms with van der Waals surface area (Å²) in [5.74, 6) is -1.07. The number of benzene rings is 1. The van der Waals surface area contributed by atoms with E-state index < -0.39 is 24.0 Å². The van der Waals surface area contributed by atoms with Crippen LogP contribution in [-0.4, -0.2) is 39.0 Å². The average molecular weight is 355 g/mol. The van der Waals surface area contributed by atoms with Crippen molar-refractivity contribution in [1.82, 2.24) is 20.3 Å². The summed E-state index contributed by atoms with van der Waals surface area (Å²) in [6, 6.07) is 7.17. The lowest BCUT2D eigenvalue weighted by Gasteiger charge is -2.31. The summed E-state index contributed by atoms with van der Waals surface area (Å²) >= 11 is 0. The monoisotopic (exact) mass is 355 g/mol. The molecule has 0 saturated heterocycles. The molecular formula is C18H21N5O3. The van der Waals surface area contributed by atoms with Gasteiger partial charge in [-0.15, -0.1) is 5.10 Å². The molecule has 1 fully saturated rings. The lowest BCUT2D eigenvalue weighted by molar-refractivity contribution is -0.125. The van der Waals surface area contributed by atoms with Crippen LogP contribution >= 0.6 is 0 Å². The first kappa shape index (κ1) is 17.9. The number of carbonyl (C=O) groups excluding carboxylic acids is 2. The maximum atomic E-state index is 12.2. The molecule has 1 aromatic heterocycles. The first-order chi connectivity index (χ1) is 12.6. The quantitative estimate of drug-likeness (QED) is 0.821. The molecule has 0 atom stereocenters. The summed E-state index contributed by atoms with van der Waals surface area (Å²) in [6.07, 6.45) is 4.15. The number of aryl methyl sites for hydroxylation is 1. The summed E-state index contributed by atoms with van der Waals surface area (Å²) < 4.78 is 6.81. The van der Waals surface area contributed by atoms with Gasteiger partial charge < -0.3 is 10.1 Å². The predicted molar refractivity (Wildman–Crippen MR) is 93.1 cm³/mol. The van der Waals surface area contributed by atoms with Gasteiger partial charge in [-0.3, -0.25) is 4.79 Å². The topological polar surface area (TPSA) is 110 Å². The van der Waals surface area contributed by atoms with Gasteiger partial charge in [-0.05, 0) is 38.0 Å². The van der Waals surface area contributed by atoms with Gasteiger partial charge in [0.2, 0.25) is 0 Å². The third-order valence-corrected chi connectivity index (χ3v) is 4.68. The highest BCUT2D eigenvalue weighted by Crippen LogP contribution is 2.27. The van der Waals surface area contributed by atoms with Crippen molar-refractivity contribution in [2.45, 2.75) is 51.1 Å². The standard InChI is InChI=1S/C18H21N5O3/c1-2-23-15-7-6-13(10-14(15)21-22-23)17(25)26-11-16(24)20-18(12-19)8-4-3-5-9-18/h6-7,10H,2-5,8-9,11H2,1H3,(H,20,24). The predicted octanol–water partition coefficient (Wildman–Crippen LogP) is 1.95. The molecule has 8 heteroatoms. The Balaban J connectivity index is 1.59. The molecule has 0 unspecified atom stereocenters. The average Bonchev–Trinajstić information content (AvgIpc) is 3.09. The van der Waals surface area contributed by atoms with Crippen molar-refractivity contribution in [1.29, 1.82) is 5.26 Å². The molecule has 1 aromatic carbocycles. The van der Waals surface area contributed by atoms with Crippen LogP contribution in [0.15, 0.2) is 18.2 Å². The summed E-state index contributed by atoms with van der Waals surface area (Å²) in [7, 11) is 0. The number of carbonyl (C=O) groups is 2. The van der Waals surface area contributed by atoms with Gasteiger partial charge in [-0.1, -0.05) is 24.5 Å². The van der Waals surface area contributed by atoms with Crippen LogP contribution in [0.1, 0.15) is 49.4 Å². The molecule has 0 aliphatic heterocycles. The molecule has 2 aromatic rings. The molecule has 1 saturated carbocycles. The number of rotatable bonds is 5. The third kappa shape index (κ3) is 3.67. The first-order valence-corrected chi connectivity index (χ1v) is 8.79. The van der Waals surface area contributed by atoms with E-state index in [0.717, 1.165) is 24.8 Å². The second kappa shape index (κ2) is 7.52. The number of nitrogens with zero attached hydrogens (tertiary/aromatic N) is 4. The molecule has 1 N–H and O–H groups in total. The highest BCUT2D eigenvalue weighted by Gasteiger charge is 2.33. The molecule has 0 bridgehead atoms. The van der Waals surface area contributed by atoms with Crippen LogP contribution in [0.2, 0.25) is 0 Å². The van der Waals surface area contributed by atoms with Gasteiger partial charge >= 0.3 is 5.97 Å². The van der Waals surface area contributed by atoms with Crippen molar-refractivity contribution in [2.75, 3.05) is 6.61 Å². The van der Waals surface area contributed by atoms with Crippen molar-refractivity contribution in [3.8, 4) is 6.07 Å². The zero-order valence-corrected chi connectivity index (χ0v) is 14.7. The minimum absolute atomic E-state index is 0.307. The number of esters is 1. The maximum absolute atomic E-state index is 12.2. The minimum Gasteiger partial charge on any atom is -0.452 e. The van der Waals surface area contributed by atoms with Crippen molar-refractivity contribution in [3.63, 3.8) is 0 Å². The Labute approximate surface area is 151 Å². The fourth-order valence-electron chi connectivity index (χ4n) is 3.27. The van der Waals surface area contributed by atoms with Gasteiger partial charge in [0.1, 0.15) is 11.1 Å². The number of amides is 1. The fraction of sp³-hybridized carbons (Fsp3) is 0.500. The van der Waals surface area contributed by atoms with E-state index in [2.05, 4.69) is 21.7 Å². The highest BCUT2D eigenvalue weighted by atomic mass is 16.5. The zero-order valence-electron chi connectivity index (χ0n) is 14.7. The highest BCUT2D eigenvalue weighted by molar-refractivity contribution is 5.94. The van der Waals surface area contributed by atoms with Crippen LogP contribution < -0.4 is 5.32 Å². The lowest BCUT2D eigenvalue weighted by Crippen LogP contribution is -2.50. The van der Waals surface area contributed by atoms with Crippen LogP contribution in [0, 0.1) is 11.3 Å². The van der Waals surface area contributed by atoms with Gasteiger partial charge in [-0.25, -0.2) is 9.48 Å². The molecule has 0 radical (unpaired) electrons. The van der Waals surface area contributed by atoms with E-state index in [1.807, 2.05) is 6.92 Å². The van der Waals surface area contributed by atoms with Crippen LogP contribution in [0.25, 0.3) is 11.0 Å². The molecule has 0 spiro atoms. The van der Waals surface area contributed by atoms with E-state index in [4.69, 9.17) is 4.74 Å². The number of hydrogen-bond acceptors (Lipinski definition) is 6. The Hall–Kier alpha value is -2.95. The van der Waals surface area contributed by atoms with E-state index in [1.54, 1.807) is 22.9 Å². The second-order valence-electron chi connectivity index (χ2n) is 6.49. The van der Waals surface area contributed by atoms with Gasteiger partial charge in [-0.2, -0.15) is 5.26 Å². The number of ether oxygens (including phenoxy) is 1. The summed E-state index contributed by atoms with van der Waals surface area (Å²) in [5, 5.41) is 20.1. The molecule has 1 aliphatic carbocycles. The van der Waals surface area contributed by atoms with Gasteiger partial charge in [0.05, 0.1) is 17.1 Å². The molecule has 3 rings (SSSR count). The largest absolute Gasteiger partial charge is 0.452 e. The summed E-state index contributed by atoms with van der Waals surface area (Å²) in [4.78, 5) is 24.3. The first-order valence-electron chi connectivity index (χ1n) is 8.79. The number of nitriles is 1. The molecular weight excluding hydrogens is 334 g/mol. The Kier molecular flexibility index (Phi) is 5.16. The Morgan fingerprint density at radius 2 is 2.12 bits per heavy atom. The number of aromatic nitrogens is 3. The van der Waals surface area contributed by atoms with Gasteiger partial charge in [0.15, 0.2) is 6.61 Å². The fourth-order valence-corrected chi connectivity index (χ4v) is 3.27. The molecule has 8 nitrogen and oxygen atoms in total. The lowest BCUT2D eigenvalue weighted by atomic mass is 9.83. The molecule has 1 aliphatic rings. The van der Waals surface area contributed by atoms with E-state index >= 15 is 0 Å². The van der Waals surface area contributed by atoms with Crippen molar-refractivity contribution >= 4 is 22.9 Å². The van der Waals surface area contributed by atoms with E-state index in [9.17, 15) is 14.9 Å². The SMILES string of the molecule is CCn1nnc2cc(C(=O)OCC(=O)NC3(C#N)CCCCC3)ccc21. The van der Waals surface area contributed by atoms with E-state index in [-0.39, 0.29) is 0 Å². The van der Waals surface area contributed by atoms with Crippen LogP contribution in [0.4, 0.5) is 0 Å². The van der Waals surface area contributed by atoms with Crippen LogP contribution in [-0.2, 0) is 16.1 Å². The van der Waals surface area contributed by atoms with E-state index in [1.165, 1.54) is 0 Å². The number of fused-ring (bicyclic) bond motifs is 1. The summed E-state index contributed by atoms with van der Waals surface area (Å²) in [6.45, 7) is 2.22. The van der Waals surface area contributed by atoms with E-state index in [0.29, 0.717) is 30.5 Å². The van der Waals surface area contributed by atoms with Crippen LogP contribution in [0.3, 0.4) is 0 Å². The molecule has 26 heavy (non-hydrogen) atoms. The Bertz CT molecular complexity index is 861. The molecule has 1 heterocycles. The smallest absolute Gasteiger partial charge is 0.338 e. The summed E-state index contributed by atoms with van der Waals surface area (Å²) in [5.41, 5.74) is 0.895. The zero-order chi connectivity index (χ0) is 18.6. The van der Waals surface area contributed by atoms with Gasteiger partial charge in [0.25, 0.3) is 5.91 Å². The Morgan fingerprint density at radius 3 is 2.81 bits per heavy atom. The van der Waals surface area contributed by atoms with Crippen molar-refractivity contribution < 1.29 is 14.3 Å². The van der Waals surface area contributed by atoms with Crippen molar-refractivity contribution in [2.24, 2.45) is 0 Å². The molecule has 136 valence electrons. The Morgan fingerprint density at radius 1 is 1.35 bits per heavy atom.